The number of aryl methyl sites for hydroxylation is 1. The van der Waals surface area contributed by atoms with Gasteiger partial charge in [-0.25, -0.2) is 15.0 Å². The van der Waals surface area contributed by atoms with Crippen LogP contribution < -0.4 is 15.5 Å². The minimum absolute atomic E-state index is 0. The molecule has 0 aliphatic carbocycles. The molecule has 3 aromatic rings. The molecule has 4 rings (SSSR count). The molecule has 4 heterocycles. The second kappa shape index (κ2) is 11.2. The van der Waals surface area contributed by atoms with Crippen molar-refractivity contribution < 1.29 is 5.11 Å². The summed E-state index contributed by atoms with van der Waals surface area (Å²) < 4.78 is 0. The summed E-state index contributed by atoms with van der Waals surface area (Å²) in [7, 11) is 0. The third kappa shape index (κ3) is 5.90. The molecule has 1 fully saturated rings. The number of aromatic hydroxyl groups is 1. The standard InChI is InChI=1S/C20H25N9O.2ClH/c1-12(2)16-11-29(5-4-21-16)20-25-9-15(27-28-20)19-17(30)6-14(8-24-19)26-18-10-22-13(3)7-23-18;;/h6-10,12,16,21,30H,4-5,11H2,1-3H3,(H,23,26);2*1H/t16-;;/m1../s1. The Morgan fingerprint density at radius 2 is 1.88 bits per heavy atom. The van der Waals surface area contributed by atoms with Gasteiger partial charge in [0, 0.05) is 31.7 Å². The van der Waals surface area contributed by atoms with Crippen molar-refractivity contribution in [3.05, 3.63) is 36.5 Å². The van der Waals surface area contributed by atoms with E-state index in [-0.39, 0.29) is 30.6 Å². The molecule has 0 aromatic carbocycles. The topological polar surface area (TPSA) is 125 Å². The van der Waals surface area contributed by atoms with Gasteiger partial charge in [-0.05, 0) is 12.8 Å². The molecule has 12 heteroatoms. The molecule has 0 unspecified atom stereocenters. The largest absolute Gasteiger partial charge is 0.506 e. The molecular formula is C20H27Cl2N9O. The maximum atomic E-state index is 10.4. The van der Waals surface area contributed by atoms with Gasteiger partial charge >= 0.3 is 0 Å². The number of nitrogens with zero attached hydrogens (tertiary/aromatic N) is 7. The van der Waals surface area contributed by atoms with Crippen molar-refractivity contribution in [1.82, 2.24) is 35.5 Å². The summed E-state index contributed by atoms with van der Waals surface area (Å²) in [6.45, 7) is 8.81. The van der Waals surface area contributed by atoms with Gasteiger partial charge in [0.1, 0.15) is 23.0 Å². The van der Waals surface area contributed by atoms with Gasteiger partial charge < -0.3 is 20.6 Å². The van der Waals surface area contributed by atoms with Gasteiger partial charge in [-0.2, -0.15) is 0 Å². The number of piperazine rings is 1. The summed E-state index contributed by atoms with van der Waals surface area (Å²) >= 11 is 0. The van der Waals surface area contributed by atoms with Gasteiger partial charge in [0.25, 0.3) is 0 Å². The summed E-state index contributed by atoms with van der Waals surface area (Å²) in [6.07, 6.45) is 6.47. The average Bonchev–Trinajstić information content (AvgIpc) is 2.76. The Hall–Kier alpha value is -2.82. The van der Waals surface area contributed by atoms with E-state index in [4.69, 9.17) is 0 Å². The maximum absolute atomic E-state index is 10.4. The zero-order chi connectivity index (χ0) is 21.1. The van der Waals surface area contributed by atoms with Crippen LogP contribution in [-0.2, 0) is 0 Å². The van der Waals surface area contributed by atoms with Crippen LogP contribution in [0, 0.1) is 12.8 Å². The Morgan fingerprint density at radius 3 is 2.50 bits per heavy atom. The first-order chi connectivity index (χ1) is 14.5. The Kier molecular flexibility index (Phi) is 8.88. The van der Waals surface area contributed by atoms with Crippen molar-refractivity contribution in [3.8, 4) is 17.1 Å². The third-order valence-electron chi connectivity index (χ3n) is 5.01. The number of anilines is 3. The van der Waals surface area contributed by atoms with E-state index < -0.39 is 0 Å². The van der Waals surface area contributed by atoms with Crippen LogP contribution in [0.3, 0.4) is 0 Å². The Labute approximate surface area is 199 Å². The molecule has 0 radical (unpaired) electrons. The van der Waals surface area contributed by atoms with Crippen molar-refractivity contribution in [1.29, 1.82) is 0 Å². The molecule has 3 N–H and O–H groups in total. The lowest BCUT2D eigenvalue weighted by Crippen LogP contribution is -2.53. The molecule has 32 heavy (non-hydrogen) atoms. The van der Waals surface area contributed by atoms with E-state index in [1.165, 1.54) is 0 Å². The SMILES string of the molecule is Cc1cnc(Nc2cnc(-c3cnc(N4CCN[C@@H](C(C)C)C4)nn3)c(O)c2)cn1.Cl.Cl. The van der Waals surface area contributed by atoms with Crippen molar-refractivity contribution in [2.75, 3.05) is 29.9 Å². The number of hydrogen-bond donors (Lipinski definition) is 3. The van der Waals surface area contributed by atoms with Gasteiger partial charge in [-0.3, -0.25) is 4.98 Å². The van der Waals surface area contributed by atoms with Gasteiger partial charge in [0.2, 0.25) is 5.95 Å². The average molecular weight is 480 g/mol. The smallest absolute Gasteiger partial charge is 0.245 e. The molecular weight excluding hydrogens is 453 g/mol. The molecule has 1 aliphatic rings. The molecule has 3 aromatic heterocycles. The number of rotatable bonds is 5. The normalized spacial score (nSPS) is 15.6. The predicted octanol–water partition coefficient (Wildman–Crippen LogP) is 2.76. The van der Waals surface area contributed by atoms with Crippen molar-refractivity contribution in [2.24, 2.45) is 5.92 Å². The predicted molar refractivity (Wildman–Crippen MR) is 128 cm³/mol. The minimum Gasteiger partial charge on any atom is -0.506 e. The number of pyridine rings is 1. The fourth-order valence-corrected chi connectivity index (χ4v) is 3.25. The minimum atomic E-state index is -0.0223. The molecule has 0 amide bonds. The lowest BCUT2D eigenvalue weighted by Gasteiger charge is -2.35. The van der Waals surface area contributed by atoms with Crippen LogP contribution in [0.4, 0.5) is 17.5 Å². The Bertz CT molecular complexity index is 1000. The zero-order valence-corrected chi connectivity index (χ0v) is 19.7. The van der Waals surface area contributed by atoms with E-state index in [0.717, 1.165) is 25.3 Å². The molecule has 1 atom stereocenters. The van der Waals surface area contributed by atoms with Crippen LogP contribution in [-0.4, -0.2) is 60.9 Å². The summed E-state index contributed by atoms with van der Waals surface area (Å²) in [5.74, 6) is 1.66. The summed E-state index contributed by atoms with van der Waals surface area (Å²) in [5.41, 5.74) is 2.15. The second-order valence-corrected chi connectivity index (χ2v) is 7.65. The highest BCUT2D eigenvalue weighted by atomic mass is 35.5. The Morgan fingerprint density at radius 1 is 1.06 bits per heavy atom. The second-order valence-electron chi connectivity index (χ2n) is 7.65. The first-order valence-corrected chi connectivity index (χ1v) is 9.92. The highest BCUT2D eigenvalue weighted by Gasteiger charge is 2.24. The maximum Gasteiger partial charge on any atom is 0.245 e. The molecule has 172 valence electrons. The van der Waals surface area contributed by atoms with Crippen molar-refractivity contribution in [3.63, 3.8) is 0 Å². The van der Waals surface area contributed by atoms with Crippen LogP contribution in [0.15, 0.2) is 30.9 Å². The first kappa shape index (κ1) is 25.4. The van der Waals surface area contributed by atoms with E-state index in [1.54, 1.807) is 30.9 Å². The van der Waals surface area contributed by atoms with Crippen molar-refractivity contribution >= 4 is 42.3 Å². The number of nitrogens with one attached hydrogen (secondary N) is 2. The fourth-order valence-electron chi connectivity index (χ4n) is 3.25. The molecule has 0 bridgehead atoms. The van der Waals surface area contributed by atoms with Crippen LogP contribution >= 0.6 is 24.8 Å². The molecule has 1 saturated heterocycles. The molecule has 10 nitrogen and oxygen atoms in total. The van der Waals surface area contributed by atoms with Crippen LogP contribution in [0.25, 0.3) is 11.4 Å². The monoisotopic (exact) mass is 479 g/mol. The Balaban J connectivity index is 0.00000181. The fraction of sp³-hybridized carbons (Fsp3) is 0.400. The quantitative estimate of drug-likeness (QED) is 0.502. The van der Waals surface area contributed by atoms with Crippen LogP contribution in [0.1, 0.15) is 19.5 Å². The summed E-state index contributed by atoms with van der Waals surface area (Å²) in [5, 5.41) is 25.5. The molecule has 0 spiro atoms. The van der Waals surface area contributed by atoms with Crippen LogP contribution in [0.5, 0.6) is 5.75 Å². The highest BCUT2D eigenvalue weighted by Crippen LogP contribution is 2.28. The first-order valence-electron chi connectivity index (χ1n) is 9.92. The number of aromatic nitrogens is 6. The van der Waals surface area contributed by atoms with E-state index in [9.17, 15) is 5.11 Å². The molecule has 1 aliphatic heterocycles. The summed E-state index contributed by atoms with van der Waals surface area (Å²) in [4.78, 5) is 19.3. The van der Waals surface area contributed by atoms with E-state index >= 15 is 0 Å². The van der Waals surface area contributed by atoms with Crippen LogP contribution in [0.2, 0.25) is 0 Å². The van der Waals surface area contributed by atoms with Gasteiger partial charge in [-0.15, -0.1) is 35.0 Å². The highest BCUT2D eigenvalue weighted by molar-refractivity contribution is 5.85. The van der Waals surface area contributed by atoms with Gasteiger partial charge in [-0.1, -0.05) is 13.8 Å². The van der Waals surface area contributed by atoms with Gasteiger partial charge in [0.15, 0.2) is 0 Å². The van der Waals surface area contributed by atoms with Gasteiger partial charge in [0.05, 0.1) is 36.2 Å². The zero-order valence-electron chi connectivity index (χ0n) is 18.1. The number of halogens is 2. The van der Waals surface area contributed by atoms with Crippen molar-refractivity contribution in [2.45, 2.75) is 26.8 Å². The lowest BCUT2D eigenvalue weighted by molar-refractivity contribution is 0.365. The van der Waals surface area contributed by atoms with E-state index in [2.05, 4.69) is 59.5 Å². The van der Waals surface area contributed by atoms with E-state index in [0.29, 0.717) is 40.8 Å². The third-order valence-corrected chi connectivity index (χ3v) is 5.01. The number of hydrogen-bond acceptors (Lipinski definition) is 10. The molecule has 0 saturated carbocycles. The summed E-state index contributed by atoms with van der Waals surface area (Å²) in [6, 6.07) is 1.95. The van der Waals surface area contributed by atoms with E-state index in [1.807, 2.05) is 6.92 Å². The lowest BCUT2D eigenvalue weighted by atomic mass is 10.0.